The number of carbonyl (C=O) groups is 1. The lowest BCUT2D eigenvalue weighted by Gasteiger charge is -2.44. The quantitative estimate of drug-likeness (QED) is 0.307. The van der Waals surface area contributed by atoms with Gasteiger partial charge >= 0.3 is 0 Å². The van der Waals surface area contributed by atoms with Crippen molar-refractivity contribution in [3.63, 3.8) is 0 Å². The second-order valence-corrected chi connectivity index (χ2v) is 11.1. The summed E-state index contributed by atoms with van der Waals surface area (Å²) in [6, 6.07) is 14.1. The highest BCUT2D eigenvalue weighted by molar-refractivity contribution is 5.85. The molecule has 2 fully saturated rings. The minimum Gasteiger partial charge on any atom is -0.492 e. The third-order valence-electron chi connectivity index (χ3n) is 8.05. The van der Waals surface area contributed by atoms with Crippen molar-refractivity contribution >= 4 is 17.2 Å². The fourth-order valence-electron chi connectivity index (χ4n) is 6.15. The summed E-state index contributed by atoms with van der Waals surface area (Å²) in [5.74, 6) is 1.48. The van der Waals surface area contributed by atoms with E-state index >= 15 is 0 Å². The number of piperidine rings is 1. The van der Waals surface area contributed by atoms with E-state index in [2.05, 4.69) is 31.7 Å². The molecule has 2 unspecified atom stereocenters. The maximum Gasteiger partial charge on any atom is 0.223 e. The van der Waals surface area contributed by atoms with Gasteiger partial charge in [0.25, 0.3) is 0 Å². The topological polar surface area (TPSA) is 130 Å². The number of pyridine rings is 3. The van der Waals surface area contributed by atoms with E-state index in [9.17, 15) is 10.1 Å². The monoisotopic (exact) mass is 580 g/mol. The molecule has 4 aromatic heterocycles. The third kappa shape index (κ3) is 6.45. The van der Waals surface area contributed by atoms with Crippen molar-refractivity contribution in [1.29, 1.82) is 5.26 Å². The van der Waals surface area contributed by atoms with Gasteiger partial charge in [0, 0.05) is 61.8 Å². The first-order chi connectivity index (χ1) is 21.1. The number of nitrogens with zero attached hydrogens (tertiary/aromatic N) is 6. The van der Waals surface area contributed by atoms with Gasteiger partial charge in [0.2, 0.25) is 5.91 Å². The molecule has 2 saturated heterocycles. The molecule has 0 radical (unpaired) electrons. The number of ether oxygens (including phenoxy) is 2. The zero-order valence-corrected chi connectivity index (χ0v) is 24.3. The molecule has 1 amide bonds. The van der Waals surface area contributed by atoms with Gasteiger partial charge in [0.05, 0.1) is 54.8 Å². The van der Waals surface area contributed by atoms with Crippen molar-refractivity contribution in [3.8, 4) is 22.9 Å². The van der Waals surface area contributed by atoms with E-state index in [-0.39, 0.29) is 12.0 Å². The summed E-state index contributed by atoms with van der Waals surface area (Å²) < 4.78 is 13.2. The Bertz CT molecular complexity index is 1590. The summed E-state index contributed by atoms with van der Waals surface area (Å²) in [4.78, 5) is 25.0. The Morgan fingerprint density at radius 1 is 1.28 bits per heavy atom. The van der Waals surface area contributed by atoms with Crippen LogP contribution in [0.25, 0.3) is 16.6 Å². The summed E-state index contributed by atoms with van der Waals surface area (Å²) in [7, 11) is 0. The molecule has 2 aliphatic rings. The summed E-state index contributed by atoms with van der Waals surface area (Å²) in [6.45, 7) is 5.99. The number of nitriles is 1. The average molecular weight is 581 g/mol. The molecule has 4 aromatic rings. The number of aromatic nitrogens is 4. The van der Waals surface area contributed by atoms with Crippen LogP contribution in [0.4, 0.5) is 5.82 Å². The molecule has 0 aliphatic carbocycles. The smallest absolute Gasteiger partial charge is 0.223 e. The lowest BCUT2D eigenvalue weighted by molar-refractivity contribution is -0.126. The number of nitrogens with one attached hydrogen (secondary N) is 2. The predicted molar refractivity (Wildman–Crippen MR) is 162 cm³/mol. The normalized spacial score (nSPS) is 20.5. The molecular formula is C32H36N8O3. The number of amides is 1. The van der Waals surface area contributed by atoms with Gasteiger partial charge in [0.1, 0.15) is 17.6 Å². The number of rotatable bonds is 9. The van der Waals surface area contributed by atoms with Gasteiger partial charge in [0.15, 0.2) is 0 Å². The van der Waals surface area contributed by atoms with E-state index in [1.54, 1.807) is 23.1 Å². The maximum absolute atomic E-state index is 13.3. The Morgan fingerprint density at radius 3 is 2.95 bits per heavy atom. The first-order valence-corrected chi connectivity index (χ1v) is 14.8. The van der Waals surface area contributed by atoms with Crippen LogP contribution in [0.15, 0.2) is 61.2 Å². The van der Waals surface area contributed by atoms with E-state index < -0.39 is 5.54 Å². The van der Waals surface area contributed by atoms with Gasteiger partial charge in [-0.05, 0) is 50.1 Å². The van der Waals surface area contributed by atoms with Crippen LogP contribution in [0, 0.1) is 11.3 Å². The molecule has 6 rings (SSSR count). The number of anilines is 1. The van der Waals surface area contributed by atoms with Crippen LogP contribution < -0.4 is 20.3 Å². The molecular weight excluding hydrogens is 544 g/mol. The highest BCUT2D eigenvalue weighted by Gasteiger charge is 2.38. The third-order valence-corrected chi connectivity index (χ3v) is 8.05. The second kappa shape index (κ2) is 12.8. The number of fused-ring (bicyclic) bond motifs is 1. The lowest BCUT2D eigenvalue weighted by Crippen LogP contribution is -2.61. The molecule has 222 valence electrons. The Kier molecular flexibility index (Phi) is 8.49. The zero-order valence-electron chi connectivity index (χ0n) is 24.3. The first kappa shape index (κ1) is 28.6. The van der Waals surface area contributed by atoms with Gasteiger partial charge in [-0.25, -0.2) is 9.50 Å². The molecule has 11 heteroatoms. The first-order valence-electron chi connectivity index (χ1n) is 14.8. The lowest BCUT2D eigenvalue weighted by atomic mass is 9.84. The van der Waals surface area contributed by atoms with Crippen LogP contribution in [-0.2, 0) is 16.0 Å². The summed E-state index contributed by atoms with van der Waals surface area (Å²) >= 11 is 0. The Morgan fingerprint density at radius 2 is 2.21 bits per heavy atom. The van der Waals surface area contributed by atoms with E-state index in [1.807, 2.05) is 49.5 Å². The Hall–Kier alpha value is -4.53. The number of hydrogen-bond donors (Lipinski definition) is 2. The highest BCUT2D eigenvalue weighted by atomic mass is 16.5. The molecule has 2 atom stereocenters. The van der Waals surface area contributed by atoms with Crippen molar-refractivity contribution in [2.75, 3.05) is 44.3 Å². The predicted octanol–water partition coefficient (Wildman–Crippen LogP) is 3.14. The molecule has 43 heavy (non-hydrogen) atoms. The van der Waals surface area contributed by atoms with Crippen molar-refractivity contribution in [1.82, 2.24) is 30.2 Å². The highest BCUT2D eigenvalue weighted by Crippen LogP contribution is 2.33. The SMILES string of the molecule is CCOc1cc(-c2ccc(N3CCCC(Cc4ccccn4)(NC(=O)CC4CNCCO4)C3)nc2)c2c(C#N)cnn2c1. The standard InChI is InChI=1S/C32H36N8O3/c1-2-42-27-14-28(31-24(17-33)19-37-40(31)21-27)23-7-8-29(36-18-23)39-12-5-9-32(22-39,16-25-6-3-4-10-35-25)38-30(41)15-26-20-34-11-13-43-26/h3-4,6-8,10,14,18-19,21,26,34H,2,5,9,11-13,15-16,20,22H2,1H3,(H,38,41). The van der Waals surface area contributed by atoms with E-state index in [0.29, 0.717) is 56.0 Å². The number of hydrogen-bond acceptors (Lipinski definition) is 9. The fraction of sp³-hybridized carbons (Fsp3) is 0.406. The van der Waals surface area contributed by atoms with Crippen LogP contribution in [0.5, 0.6) is 5.75 Å². The fourth-order valence-corrected chi connectivity index (χ4v) is 6.15. The van der Waals surface area contributed by atoms with Crippen molar-refractivity contribution in [3.05, 3.63) is 72.4 Å². The van der Waals surface area contributed by atoms with E-state index in [4.69, 9.17) is 14.5 Å². The van der Waals surface area contributed by atoms with Crippen molar-refractivity contribution in [2.45, 2.75) is 44.2 Å². The van der Waals surface area contributed by atoms with Gasteiger partial charge in [-0.2, -0.15) is 10.4 Å². The summed E-state index contributed by atoms with van der Waals surface area (Å²) in [5, 5.41) is 20.8. The van der Waals surface area contributed by atoms with Crippen molar-refractivity contribution in [2.24, 2.45) is 0 Å². The van der Waals surface area contributed by atoms with Crippen LogP contribution in [0.3, 0.4) is 0 Å². The molecule has 6 heterocycles. The van der Waals surface area contributed by atoms with Crippen molar-refractivity contribution < 1.29 is 14.3 Å². The van der Waals surface area contributed by atoms with Gasteiger partial charge in [-0.3, -0.25) is 9.78 Å². The van der Waals surface area contributed by atoms with Gasteiger partial charge < -0.3 is 25.0 Å². The zero-order chi connectivity index (χ0) is 29.6. The van der Waals surface area contributed by atoms with Crippen LogP contribution in [-0.4, -0.2) is 76.5 Å². The average Bonchev–Trinajstić information content (AvgIpc) is 3.45. The summed E-state index contributed by atoms with van der Waals surface area (Å²) in [5.41, 5.74) is 3.34. The molecule has 2 N–H and O–H groups in total. The molecule has 0 bridgehead atoms. The van der Waals surface area contributed by atoms with Crippen LogP contribution in [0.2, 0.25) is 0 Å². The van der Waals surface area contributed by atoms with Crippen LogP contribution >= 0.6 is 0 Å². The molecule has 2 aliphatic heterocycles. The molecule has 0 aromatic carbocycles. The van der Waals surface area contributed by atoms with Gasteiger partial charge in [-0.15, -0.1) is 0 Å². The Labute approximate surface area is 250 Å². The Balaban J connectivity index is 1.26. The van der Waals surface area contributed by atoms with Gasteiger partial charge in [-0.1, -0.05) is 6.07 Å². The maximum atomic E-state index is 13.3. The second-order valence-electron chi connectivity index (χ2n) is 11.1. The molecule has 0 saturated carbocycles. The minimum absolute atomic E-state index is 0.0120. The summed E-state index contributed by atoms with van der Waals surface area (Å²) in [6.07, 6.45) is 9.53. The van der Waals surface area contributed by atoms with Crippen LogP contribution in [0.1, 0.15) is 37.4 Å². The largest absolute Gasteiger partial charge is 0.492 e. The minimum atomic E-state index is -0.497. The van der Waals surface area contributed by atoms with E-state index in [0.717, 1.165) is 48.6 Å². The number of carbonyl (C=O) groups excluding carboxylic acids is 1. The number of morpholine rings is 1. The molecule has 0 spiro atoms. The molecule has 11 nitrogen and oxygen atoms in total. The van der Waals surface area contributed by atoms with E-state index in [1.165, 1.54) is 0 Å².